The van der Waals surface area contributed by atoms with Gasteiger partial charge in [0.2, 0.25) is 11.8 Å². The number of carbonyl (C=O) groups is 3. The van der Waals surface area contributed by atoms with Gasteiger partial charge in [0, 0.05) is 24.9 Å². The van der Waals surface area contributed by atoms with Crippen LogP contribution in [0.15, 0.2) is 29.6 Å². The number of carbonyl (C=O) groups excluding carboxylic acids is 3. The van der Waals surface area contributed by atoms with Gasteiger partial charge in [0.1, 0.15) is 5.82 Å². The first-order valence-corrected chi connectivity index (χ1v) is 9.30. The number of aromatic nitrogens is 1. The van der Waals surface area contributed by atoms with Gasteiger partial charge in [-0.1, -0.05) is 12.1 Å². The van der Waals surface area contributed by atoms with Crippen LogP contribution in [0.2, 0.25) is 0 Å². The summed E-state index contributed by atoms with van der Waals surface area (Å²) in [7, 11) is 0. The summed E-state index contributed by atoms with van der Waals surface area (Å²) in [4.78, 5) is 41.8. The van der Waals surface area contributed by atoms with Crippen molar-refractivity contribution in [2.45, 2.75) is 19.9 Å². The molecule has 1 fully saturated rings. The molecule has 142 valence electrons. The number of hydrogen-bond acceptors (Lipinski definition) is 6. The SMILES string of the molecule is CCOC(=O)c1csc(NC(=O)[C@@H]2CC(=O)N(Cc3cccc(F)c3)C2)n1. The highest BCUT2D eigenvalue weighted by molar-refractivity contribution is 7.14. The van der Waals surface area contributed by atoms with Gasteiger partial charge in [0.15, 0.2) is 10.8 Å². The number of thiazole rings is 1. The van der Waals surface area contributed by atoms with Gasteiger partial charge in [-0.05, 0) is 24.6 Å². The Morgan fingerprint density at radius 1 is 1.44 bits per heavy atom. The van der Waals surface area contributed by atoms with E-state index >= 15 is 0 Å². The fourth-order valence-electron chi connectivity index (χ4n) is 2.79. The summed E-state index contributed by atoms with van der Waals surface area (Å²) in [5.74, 6) is -1.94. The lowest BCUT2D eigenvalue weighted by Gasteiger charge is -2.16. The van der Waals surface area contributed by atoms with Crippen molar-refractivity contribution in [2.75, 3.05) is 18.5 Å². The Kier molecular flexibility index (Phi) is 5.80. The largest absolute Gasteiger partial charge is 0.461 e. The van der Waals surface area contributed by atoms with Gasteiger partial charge in [-0.3, -0.25) is 9.59 Å². The van der Waals surface area contributed by atoms with E-state index in [0.717, 1.165) is 11.3 Å². The van der Waals surface area contributed by atoms with Crippen LogP contribution in [0, 0.1) is 11.7 Å². The molecular weight excluding hydrogens is 373 g/mol. The van der Waals surface area contributed by atoms with Crippen molar-refractivity contribution < 1.29 is 23.5 Å². The molecule has 2 aromatic rings. The zero-order valence-electron chi connectivity index (χ0n) is 14.6. The molecule has 0 saturated carbocycles. The average Bonchev–Trinajstić information content (AvgIpc) is 3.23. The number of nitrogens with one attached hydrogen (secondary N) is 1. The third-order valence-electron chi connectivity index (χ3n) is 4.07. The topological polar surface area (TPSA) is 88.6 Å². The van der Waals surface area contributed by atoms with Crippen molar-refractivity contribution in [1.29, 1.82) is 0 Å². The van der Waals surface area contributed by atoms with Crippen LogP contribution in [0.5, 0.6) is 0 Å². The second-order valence-electron chi connectivity index (χ2n) is 6.05. The van der Waals surface area contributed by atoms with Crippen LogP contribution in [-0.2, 0) is 20.9 Å². The standard InChI is InChI=1S/C18H18FN3O4S/c1-2-26-17(25)14-10-27-18(20-14)21-16(24)12-7-15(23)22(9-12)8-11-4-3-5-13(19)6-11/h3-6,10,12H,2,7-9H2,1H3,(H,20,21,24)/t12-/m1/s1. The van der Waals surface area contributed by atoms with Crippen molar-refractivity contribution in [1.82, 2.24) is 9.88 Å². The maximum atomic E-state index is 13.3. The minimum Gasteiger partial charge on any atom is -0.461 e. The van der Waals surface area contributed by atoms with Gasteiger partial charge in [-0.25, -0.2) is 14.2 Å². The van der Waals surface area contributed by atoms with Gasteiger partial charge >= 0.3 is 5.97 Å². The number of amides is 2. The maximum absolute atomic E-state index is 13.3. The van der Waals surface area contributed by atoms with Gasteiger partial charge in [-0.2, -0.15) is 0 Å². The van der Waals surface area contributed by atoms with Gasteiger partial charge in [-0.15, -0.1) is 11.3 Å². The predicted molar refractivity (Wildman–Crippen MR) is 96.6 cm³/mol. The van der Waals surface area contributed by atoms with Gasteiger partial charge in [0.05, 0.1) is 12.5 Å². The summed E-state index contributed by atoms with van der Waals surface area (Å²) in [6.45, 7) is 2.44. The zero-order valence-corrected chi connectivity index (χ0v) is 15.4. The molecule has 1 atom stereocenters. The minimum absolute atomic E-state index is 0.0806. The Bertz CT molecular complexity index is 870. The van der Waals surface area contributed by atoms with E-state index in [9.17, 15) is 18.8 Å². The molecule has 1 aliphatic heterocycles. The predicted octanol–water partition coefficient (Wildman–Crippen LogP) is 2.45. The molecule has 0 unspecified atom stereocenters. The molecule has 9 heteroatoms. The van der Waals surface area contributed by atoms with Crippen LogP contribution >= 0.6 is 11.3 Å². The number of ether oxygens (including phenoxy) is 1. The Balaban J connectivity index is 1.58. The van der Waals surface area contributed by atoms with Crippen molar-refractivity contribution >= 4 is 34.3 Å². The van der Waals surface area contributed by atoms with Crippen molar-refractivity contribution in [3.63, 3.8) is 0 Å². The molecule has 7 nitrogen and oxygen atoms in total. The van der Waals surface area contributed by atoms with E-state index in [1.54, 1.807) is 19.1 Å². The number of nitrogens with zero attached hydrogens (tertiary/aromatic N) is 2. The van der Waals surface area contributed by atoms with Crippen LogP contribution < -0.4 is 5.32 Å². The normalized spacial score (nSPS) is 16.4. The number of rotatable bonds is 6. The van der Waals surface area contributed by atoms with Crippen LogP contribution in [0.4, 0.5) is 9.52 Å². The highest BCUT2D eigenvalue weighted by Gasteiger charge is 2.34. The van der Waals surface area contributed by atoms with Crippen LogP contribution in [-0.4, -0.2) is 40.8 Å². The Morgan fingerprint density at radius 3 is 3.00 bits per heavy atom. The molecule has 0 bridgehead atoms. The molecule has 0 spiro atoms. The van der Waals surface area contributed by atoms with Gasteiger partial charge < -0.3 is 15.0 Å². The van der Waals surface area contributed by atoms with Crippen molar-refractivity contribution in [2.24, 2.45) is 5.92 Å². The summed E-state index contributed by atoms with van der Waals surface area (Å²) in [5, 5.41) is 4.42. The smallest absolute Gasteiger partial charge is 0.357 e. The third kappa shape index (κ3) is 4.68. The number of likely N-dealkylation sites (tertiary alicyclic amines) is 1. The fraction of sp³-hybridized carbons (Fsp3) is 0.333. The molecule has 27 heavy (non-hydrogen) atoms. The number of anilines is 1. The highest BCUT2D eigenvalue weighted by Crippen LogP contribution is 2.23. The molecule has 2 heterocycles. The fourth-order valence-corrected chi connectivity index (χ4v) is 3.48. The molecule has 0 radical (unpaired) electrons. The molecule has 1 saturated heterocycles. The van der Waals surface area contributed by atoms with Crippen LogP contribution in [0.3, 0.4) is 0 Å². The van der Waals surface area contributed by atoms with E-state index in [1.807, 2.05) is 0 Å². The van der Waals surface area contributed by atoms with Gasteiger partial charge in [0.25, 0.3) is 0 Å². The maximum Gasteiger partial charge on any atom is 0.357 e. The zero-order chi connectivity index (χ0) is 19.4. The Labute approximate surface area is 159 Å². The minimum atomic E-state index is -0.549. The van der Waals surface area contributed by atoms with E-state index in [1.165, 1.54) is 22.4 Å². The van der Waals surface area contributed by atoms with Crippen molar-refractivity contribution in [3.05, 3.63) is 46.7 Å². The molecule has 1 aromatic heterocycles. The summed E-state index contributed by atoms with van der Waals surface area (Å²) in [6, 6.07) is 6.02. The monoisotopic (exact) mass is 391 g/mol. The molecule has 0 aliphatic carbocycles. The number of halogens is 1. The highest BCUT2D eigenvalue weighted by atomic mass is 32.1. The molecule has 2 amide bonds. The molecule has 1 aromatic carbocycles. The Morgan fingerprint density at radius 2 is 2.26 bits per heavy atom. The molecule has 3 rings (SSSR count). The first-order chi connectivity index (χ1) is 13.0. The van der Waals surface area contributed by atoms with Crippen molar-refractivity contribution in [3.8, 4) is 0 Å². The van der Waals surface area contributed by atoms with E-state index in [4.69, 9.17) is 4.74 Å². The summed E-state index contributed by atoms with van der Waals surface area (Å²) in [6.07, 6.45) is 0.0806. The first-order valence-electron chi connectivity index (χ1n) is 8.42. The molecular formula is C18H18FN3O4S. The quantitative estimate of drug-likeness (QED) is 0.764. The van der Waals surface area contributed by atoms with E-state index in [0.29, 0.717) is 5.56 Å². The summed E-state index contributed by atoms with van der Waals surface area (Å²) in [5.41, 5.74) is 0.802. The van der Waals surface area contributed by atoms with E-state index < -0.39 is 11.9 Å². The van der Waals surface area contributed by atoms with E-state index in [2.05, 4.69) is 10.3 Å². The third-order valence-corrected chi connectivity index (χ3v) is 4.82. The number of hydrogen-bond donors (Lipinski definition) is 1. The molecule has 1 aliphatic rings. The average molecular weight is 391 g/mol. The lowest BCUT2D eigenvalue weighted by Crippen LogP contribution is -2.28. The first kappa shape index (κ1) is 19.0. The number of benzene rings is 1. The number of esters is 1. The lowest BCUT2D eigenvalue weighted by molar-refractivity contribution is -0.128. The second kappa shape index (κ2) is 8.26. The second-order valence-corrected chi connectivity index (χ2v) is 6.91. The van der Waals surface area contributed by atoms with Crippen LogP contribution in [0.1, 0.15) is 29.4 Å². The summed E-state index contributed by atoms with van der Waals surface area (Å²) >= 11 is 1.11. The van der Waals surface area contributed by atoms with E-state index in [-0.39, 0.29) is 54.6 Å². The van der Waals surface area contributed by atoms with Crippen LogP contribution in [0.25, 0.3) is 0 Å². The summed E-state index contributed by atoms with van der Waals surface area (Å²) < 4.78 is 18.1. The lowest BCUT2D eigenvalue weighted by atomic mass is 10.1. The Hall–Kier alpha value is -2.81. The molecule has 1 N–H and O–H groups in total.